The van der Waals surface area contributed by atoms with E-state index in [0.29, 0.717) is 12.1 Å². The molecule has 0 aromatic heterocycles. The molecule has 1 aliphatic rings. The molecule has 0 saturated heterocycles. The summed E-state index contributed by atoms with van der Waals surface area (Å²) >= 11 is 0. The Morgan fingerprint density at radius 1 is 1.14 bits per heavy atom. The second kappa shape index (κ2) is 10.1. The summed E-state index contributed by atoms with van der Waals surface area (Å²) < 4.78 is 6.47. The molecule has 4 nitrogen and oxygen atoms in total. The molecule has 1 fully saturated rings. The Morgan fingerprint density at radius 2 is 1.75 bits per heavy atom. The number of benzene rings is 1. The van der Waals surface area contributed by atoms with Gasteiger partial charge in [-0.15, -0.1) is 0 Å². The maximum atomic E-state index is 12.7. The molecule has 0 spiro atoms. The van der Waals surface area contributed by atoms with E-state index in [0.717, 1.165) is 45.2 Å². The first kappa shape index (κ1) is 22.5. The van der Waals surface area contributed by atoms with E-state index in [1.165, 1.54) is 0 Å². The maximum absolute atomic E-state index is 12.7. The third kappa shape index (κ3) is 5.37. The minimum atomic E-state index is -1.37. The first-order valence-electron chi connectivity index (χ1n) is 10.6. The summed E-state index contributed by atoms with van der Waals surface area (Å²) in [6.45, 7) is 10.5. The molecule has 0 heterocycles. The fourth-order valence-electron chi connectivity index (χ4n) is 4.15. The van der Waals surface area contributed by atoms with Crippen molar-refractivity contribution in [2.24, 2.45) is 5.92 Å². The molecule has 1 atom stereocenters. The predicted octanol–water partition coefficient (Wildman–Crippen LogP) is 4.69. The molecular weight excluding hydrogens is 350 g/mol. The fourth-order valence-corrected chi connectivity index (χ4v) is 4.15. The van der Waals surface area contributed by atoms with Crippen LogP contribution in [-0.4, -0.2) is 41.2 Å². The van der Waals surface area contributed by atoms with E-state index in [-0.39, 0.29) is 5.92 Å². The van der Waals surface area contributed by atoms with E-state index in [1.54, 1.807) is 0 Å². The van der Waals surface area contributed by atoms with Gasteiger partial charge in [0.2, 0.25) is 0 Å². The van der Waals surface area contributed by atoms with Gasteiger partial charge >= 0.3 is 5.97 Å². The van der Waals surface area contributed by atoms with Crippen molar-refractivity contribution in [1.29, 1.82) is 0 Å². The lowest BCUT2D eigenvalue weighted by molar-refractivity contribution is -0.198. The Morgan fingerprint density at radius 3 is 2.29 bits per heavy atom. The highest BCUT2D eigenvalue weighted by molar-refractivity contribution is 5.80. The van der Waals surface area contributed by atoms with Gasteiger partial charge in [0.15, 0.2) is 5.60 Å². The van der Waals surface area contributed by atoms with Crippen molar-refractivity contribution < 1.29 is 14.6 Å². The van der Waals surface area contributed by atoms with Gasteiger partial charge in [0.05, 0.1) is 6.54 Å². The van der Waals surface area contributed by atoms with Crippen LogP contribution in [0.15, 0.2) is 30.3 Å². The summed E-state index contributed by atoms with van der Waals surface area (Å²) in [5.41, 5.74) is -1.51. The maximum Gasteiger partial charge on any atom is 0.341 e. The van der Waals surface area contributed by atoms with E-state index >= 15 is 0 Å². The standard InChI is InChI=1S/C24H35NO3/c1-5-25(6-2)19-13-18-23(3,4)28-24(22(26)27,20-14-9-7-10-15-20)21-16-11-8-12-17-21/h7,9-10,14-15,21H,5-6,8,11-12,16-17,19H2,1-4H3,(H,26,27). The zero-order valence-corrected chi connectivity index (χ0v) is 17.8. The van der Waals surface area contributed by atoms with E-state index in [2.05, 4.69) is 30.6 Å². The van der Waals surface area contributed by atoms with Gasteiger partial charge in [-0.25, -0.2) is 4.79 Å². The SMILES string of the molecule is CCN(CC)CC#CC(C)(C)OC(C(=O)O)(c1ccccc1)C1CCCCC1. The van der Waals surface area contributed by atoms with Crippen LogP contribution in [-0.2, 0) is 15.1 Å². The average molecular weight is 386 g/mol. The quantitative estimate of drug-likeness (QED) is 0.660. The van der Waals surface area contributed by atoms with Crippen molar-refractivity contribution in [3.63, 3.8) is 0 Å². The summed E-state index contributed by atoms with van der Waals surface area (Å²) in [6.07, 6.45) is 4.98. The Balaban J connectivity index is 2.38. The van der Waals surface area contributed by atoms with Crippen molar-refractivity contribution in [1.82, 2.24) is 4.90 Å². The molecular formula is C24H35NO3. The molecule has 154 valence electrons. The smallest absolute Gasteiger partial charge is 0.341 e. The summed E-state index contributed by atoms with van der Waals surface area (Å²) in [4.78, 5) is 14.9. The first-order chi connectivity index (χ1) is 13.4. The van der Waals surface area contributed by atoms with Gasteiger partial charge in [-0.1, -0.05) is 75.3 Å². The third-order valence-corrected chi connectivity index (χ3v) is 5.70. The van der Waals surface area contributed by atoms with Crippen molar-refractivity contribution in [2.45, 2.75) is 71.0 Å². The number of carboxylic acids is 1. The summed E-state index contributed by atoms with van der Waals surface area (Å²) in [5, 5.41) is 10.4. The van der Waals surface area contributed by atoms with Gasteiger partial charge in [0.1, 0.15) is 5.60 Å². The van der Waals surface area contributed by atoms with Crippen LogP contribution in [0, 0.1) is 17.8 Å². The minimum Gasteiger partial charge on any atom is -0.479 e. The van der Waals surface area contributed by atoms with Crippen molar-refractivity contribution >= 4 is 5.97 Å². The third-order valence-electron chi connectivity index (χ3n) is 5.70. The van der Waals surface area contributed by atoms with Crippen molar-refractivity contribution in [3.05, 3.63) is 35.9 Å². The highest BCUT2D eigenvalue weighted by Gasteiger charge is 2.51. The van der Waals surface area contributed by atoms with E-state index in [4.69, 9.17) is 4.74 Å². The van der Waals surface area contributed by atoms with E-state index < -0.39 is 17.2 Å². The second-order valence-electron chi connectivity index (χ2n) is 8.12. The molecule has 1 unspecified atom stereocenters. The van der Waals surface area contributed by atoms with Crippen LogP contribution in [0.5, 0.6) is 0 Å². The minimum absolute atomic E-state index is 0.0509. The first-order valence-corrected chi connectivity index (χ1v) is 10.6. The van der Waals surface area contributed by atoms with Crippen LogP contribution < -0.4 is 0 Å². The summed E-state index contributed by atoms with van der Waals surface area (Å²) in [6, 6.07) is 9.44. The molecule has 28 heavy (non-hydrogen) atoms. The predicted molar refractivity (Wildman–Crippen MR) is 113 cm³/mol. The lowest BCUT2D eigenvalue weighted by atomic mass is 9.72. The van der Waals surface area contributed by atoms with Crippen LogP contribution in [0.4, 0.5) is 0 Å². The molecule has 1 aromatic carbocycles. The average Bonchev–Trinajstić information content (AvgIpc) is 2.70. The van der Waals surface area contributed by atoms with Crippen molar-refractivity contribution in [3.8, 4) is 11.8 Å². The van der Waals surface area contributed by atoms with Gasteiger partial charge in [-0.3, -0.25) is 4.90 Å². The van der Waals surface area contributed by atoms with Gasteiger partial charge in [0.25, 0.3) is 0 Å². The number of carboxylic acid groups (broad SMARTS) is 1. The summed E-state index contributed by atoms with van der Waals surface area (Å²) in [5.74, 6) is 5.44. The van der Waals surface area contributed by atoms with Crippen molar-refractivity contribution in [2.75, 3.05) is 19.6 Å². The topological polar surface area (TPSA) is 49.8 Å². The second-order valence-corrected chi connectivity index (χ2v) is 8.12. The lowest BCUT2D eigenvalue weighted by Gasteiger charge is -2.43. The number of carbonyl (C=O) groups is 1. The number of nitrogens with zero attached hydrogens (tertiary/aromatic N) is 1. The van der Waals surface area contributed by atoms with Crippen LogP contribution in [0.2, 0.25) is 0 Å². The molecule has 2 rings (SSSR count). The van der Waals surface area contributed by atoms with E-state index in [9.17, 15) is 9.90 Å². The highest BCUT2D eigenvalue weighted by Crippen LogP contribution is 2.44. The molecule has 0 amide bonds. The number of rotatable bonds is 8. The van der Waals surface area contributed by atoms with Crippen LogP contribution in [0.1, 0.15) is 65.4 Å². The largest absolute Gasteiger partial charge is 0.479 e. The number of hydrogen-bond donors (Lipinski definition) is 1. The number of aliphatic carboxylic acids is 1. The van der Waals surface area contributed by atoms with E-state index in [1.807, 2.05) is 44.2 Å². The summed E-state index contributed by atoms with van der Waals surface area (Å²) in [7, 11) is 0. The Kier molecular flexibility index (Phi) is 8.10. The molecule has 0 radical (unpaired) electrons. The molecule has 0 aliphatic heterocycles. The van der Waals surface area contributed by atoms with Gasteiger partial charge in [0, 0.05) is 5.92 Å². The zero-order valence-electron chi connectivity index (χ0n) is 17.8. The molecule has 1 aromatic rings. The molecule has 0 bridgehead atoms. The fraction of sp³-hybridized carbons (Fsp3) is 0.625. The monoisotopic (exact) mass is 385 g/mol. The zero-order chi connectivity index (χ0) is 20.6. The van der Waals surface area contributed by atoms with Crippen LogP contribution in [0.3, 0.4) is 0 Å². The molecule has 1 N–H and O–H groups in total. The highest BCUT2D eigenvalue weighted by atomic mass is 16.5. The molecule has 1 aliphatic carbocycles. The molecule has 1 saturated carbocycles. The Hall–Kier alpha value is -1.83. The normalized spacial score (nSPS) is 17.6. The Bertz CT molecular complexity index is 679. The van der Waals surface area contributed by atoms with Gasteiger partial charge in [-0.05, 0) is 45.3 Å². The van der Waals surface area contributed by atoms with Gasteiger partial charge in [-0.2, -0.15) is 0 Å². The molecule has 4 heteroatoms. The van der Waals surface area contributed by atoms with Gasteiger partial charge < -0.3 is 9.84 Å². The lowest BCUT2D eigenvalue weighted by Crippen LogP contribution is -2.50. The number of ether oxygens (including phenoxy) is 1. The van der Waals surface area contributed by atoms with Crippen LogP contribution in [0.25, 0.3) is 0 Å². The Labute approximate surface area is 170 Å². The van der Waals surface area contributed by atoms with Crippen LogP contribution >= 0.6 is 0 Å². The number of hydrogen-bond acceptors (Lipinski definition) is 3.